The van der Waals surface area contributed by atoms with Crippen LogP contribution in [0.15, 0.2) is 76.1 Å². The summed E-state index contributed by atoms with van der Waals surface area (Å²) in [6.45, 7) is 2.44. The lowest BCUT2D eigenvalue weighted by atomic mass is 10.2. The minimum atomic E-state index is -0.409. The van der Waals surface area contributed by atoms with Crippen molar-refractivity contribution < 1.29 is 23.4 Å². The summed E-state index contributed by atoms with van der Waals surface area (Å²) in [5.41, 5.74) is 1.07. The van der Waals surface area contributed by atoms with Crippen LogP contribution in [0.3, 0.4) is 0 Å². The highest BCUT2D eigenvalue weighted by molar-refractivity contribution is 6.35. The quantitative estimate of drug-likeness (QED) is 0.242. The lowest BCUT2D eigenvalue weighted by Crippen LogP contribution is -2.06. The van der Waals surface area contributed by atoms with Gasteiger partial charge in [0.2, 0.25) is 11.2 Å². The zero-order valence-electron chi connectivity index (χ0n) is 18.2. The van der Waals surface area contributed by atoms with Crippen LogP contribution in [0.4, 0.5) is 0 Å². The van der Waals surface area contributed by atoms with Gasteiger partial charge in [0.25, 0.3) is 0 Å². The summed E-state index contributed by atoms with van der Waals surface area (Å²) in [5.74, 6) is 0.486. The molecular weight excluding hydrogens is 479 g/mol. The highest BCUT2D eigenvalue weighted by Crippen LogP contribution is 2.28. The third kappa shape index (κ3) is 5.35. The van der Waals surface area contributed by atoms with Crippen LogP contribution < -0.4 is 14.9 Å². The summed E-state index contributed by atoms with van der Waals surface area (Å²) in [7, 11) is 0. The van der Waals surface area contributed by atoms with Gasteiger partial charge in [-0.3, -0.25) is 4.79 Å². The van der Waals surface area contributed by atoms with Gasteiger partial charge in [-0.25, -0.2) is 4.79 Å². The molecule has 0 spiro atoms. The van der Waals surface area contributed by atoms with E-state index < -0.39 is 5.97 Å². The summed E-state index contributed by atoms with van der Waals surface area (Å²) >= 11 is 12.4. The van der Waals surface area contributed by atoms with Gasteiger partial charge < -0.3 is 18.6 Å². The highest BCUT2D eigenvalue weighted by atomic mass is 35.5. The maximum atomic E-state index is 12.9. The molecule has 0 N–H and O–H groups in total. The lowest BCUT2D eigenvalue weighted by Gasteiger charge is -2.10. The maximum absolute atomic E-state index is 12.9. The molecular formula is C26H20Cl2O6. The average molecular weight is 499 g/mol. The monoisotopic (exact) mass is 498 g/mol. The Morgan fingerprint density at radius 1 is 0.971 bits per heavy atom. The van der Waals surface area contributed by atoms with Crippen LogP contribution in [-0.2, 0) is 11.3 Å². The molecule has 0 saturated carbocycles. The number of benzene rings is 3. The van der Waals surface area contributed by atoms with Crippen molar-refractivity contribution in [3.8, 4) is 17.2 Å². The second-order valence-electron chi connectivity index (χ2n) is 7.34. The lowest BCUT2D eigenvalue weighted by molar-refractivity contribution is 0.0505. The molecule has 1 heterocycles. The highest BCUT2D eigenvalue weighted by Gasteiger charge is 2.13. The second-order valence-corrected chi connectivity index (χ2v) is 8.15. The summed E-state index contributed by atoms with van der Waals surface area (Å²) in [5, 5.41) is 1.35. The molecule has 34 heavy (non-hydrogen) atoms. The number of halogens is 2. The molecule has 0 atom stereocenters. The molecule has 0 amide bonds. The minimum absolute atomic E-state index is 0.0188. The molecule has 8 heteroatoms. The number of hydrogen-bond acceptors (Lipinski definition) is 6. The van der Waals surface area contributed by atoms with Crippen LogP contribution in [0.1, 0.15) is 29.3 Å². The molecule has 0 bridgehead atoms. The van der Waals surface area contributed by atoms with Crippen molar-refractivity contribution in [3.05, 3.63) is 98.3 Å². The maximum Gasteiger partial charge on any atom is 0.338 e. The van der Waals surface area contributed by atoms with Crippen molar-refractivity contribution in [1.29, 1.82) is 0 Å². The van der Waals surface area contributed by atoms with E-state index in [4.69, 9.17) is 41.8 Å². The Hall–Kier alpha value is -3.48. The Labute approximate surface area is 205 Å². The zero-order chi connectivity index (χ0) is 24.1. The van der Waals surface area contributed by atoms with Crippen molar-refractivity contribution in [2.45, 2.75) is 20.0 Å². The first kappa shape index (κ1) is 23.7. The largest absolute Gasteiger partial charge is 0.489 e. The van der Waals surface area contributed by atoms with E-state index in [1.165, 1.54) is 6.26 Å². The van der Waals surface area contributed by atoms with Crippen molar-refractivity contribution >= 4 is 40.1 Å². The van der Waals surface area contributed by atoms with Crippen LogP contribution in [0, 0.1) is 0 Å². The number of carbonyl (C=O) groups is 1. The van der Waals surface area contributed by atoms with Crippen molar-refractivity contribution in [3.63, 3.8) is 0 Å². The van der Waals surface area contributed by atoms with E-state index in [9.17, 15) is 9.59 Å². The van der Waals surface area contributed by atoms with Crippen molar-refractivity contribution in [2.75, 3.05) is 6.61 Å². The third-order valence-corrected chi connectivity index (χ3v) is 5.62. The van der Waals surface area contributed by atoms with E-state index in [2.05, 4.69) is 0 Å². The Balaban J connectivity index is 1.48. The fraction of sp³-hybridized carbons (Fsp3) is 0.154. The molecule has 0 radical (unpaired) electrons. The van der Waals surface area contributed by atoms with Gasteiger partial charge in [-0.15, -0.1) is 0 Å². The molecule has 4 aromatic rings. The molecule has 4 rings (SSSR count). The summed E-state index contributed by atoms with van der Waals surface area (Å²) in [6, 6.07) is 16.4. The number of ether oxygens (including phenoxy) is 3. The van der Waals surface area contributed by atoms with Crippen molar-refractivity contribution in [2.24, 2.45) is 0 Å². The zero-order valence-corrected chi connectivity index (χ0v) is 19.7. The van der Waals surface area contributed by atoms with Gasteiger partial charge in [-0.1, -0.05) is 36.2 Å². The van der Waals surface area contributed by atoms with Gasteiger partial charge >= 0.3 is 5.97 Å². The Bertz CT molecular complexity index is 1360. The molecule has 174 valence electrons. The smallest absolute Gasteiger partial charge is 0.338 e. The molecule has 0 saturated heterocycles. The van der Waals surface area contributed by atoms with E-state index in [1.807, 2.05) is 6.92 Å². The topological polar surface area (TPSA) is 75.0 Å². The van der Waals surface area contributed by atoms with Crippen LogP contribution in [-0.4, -0.2) is 12.6 Å². The minimum Gasteiger partial charge on any atom is -0.489 e. The standard InChI is InChI=1S/C26H20Cl2O6/c1-2-12-31-26(30)16-6-8-17(9-7-16)34-24-15-33-23-13-18(10-11-19(23)25(24)29)32-14-20-21(27)4-3-5-22(20)28/h3-11,13,15H,2,12,14H2,1H3. The Kier molecular flexibility index (Phi) is 7.40. The molecule has 0 unspecified atom stereocenters. The number of rotatable bonds is 8. The molecule has 3 aromatic carbocycles. The van der Waals surface area contributed by atoms with Gasteiger partial charge in [0.15, 0.2) is 0 Å². The van der Waals surface area contributed by atoms with Crippen molar-refractivity contribution in [1.82, 2.24) is 0 Å². The molecule has 0 fully saturated rings. The number of esters is 1. The fourth-order valence-corrected chi connectivity index (χ4v) is 3.65. The number of carbonyl (C=O) groups excluding carboxylic acids is 1. The normalized spacial score (nSPS) is 10.8. The van der Waals surface area contributed by atoms with E-state index in [0.29, 0.717) is 50.2 Å². The molecule has 0 aliphatic rings. The predicted molar refractivity (Wildman–Crippen MR) is 130 cm³/mol. The van der Waals surface area contributed by atoms with E-state index >= 15 is 0 Å². The first-order valence-electron chi connectivity index (χ1n) is 10.5. The average Bonchev–Trinajstić information content (AvgIpc) is 2.84. The SMILES string of the molecule is CCCOC(=O)c1ccc(Oc2coc3cc(OCc4c(Cl)cccc4Cl)ccc3c2=O)cc1. The van der Waals surface area contributed by atoms with Gasteiger partial charge in [0.1, 0.15) is 30.0 Å². The number of hydrogen-bond donors (Lipinski definition) is 0. The first-order chi connectivity index (χ1) is 16.5. The van der Waals surface area contributed by atoms with Crippen LogP contribution in [0.2, 0.25) is 10.0 Å². The third-order valence-electron chi connectivity index (χ3n) is 4.91. The predicted octanol–water partition coefficient (Wildman–Crippen LogP) is 7.04. The summed E-state index contributed by atoms with van der Waals surface area (Å²) < 4.78 is 22.2. The van der Waals surface area contributed by atoms with Gasteiger partial charge in [-0.05, 0) is 55.0 Å². The Morgan fingerprint density at radius 2 is 1.68 bits per heavy atom. The van der Waals surface area contributed by atoms with E-state index in [0.717, 1.165) is 6.42 Å². The molecule has 0 aliphatic carbocycles. The van der Waals surface area contributed by atoms with Gasteiger partial charge in [-0.2, -0.15) is 0 Å². The summed E-state index contributed by atoms with van der Waals surface area (Å²) in [4.78, 5) is 24.8. The van der Waals surface area contributed by atoms with E-state index in [-0.39, 0.29) is 17.8 Å². The molecule has 1 aromatic heterocycles. The molecule has 0 aliphatic heterocycles. The fourth-order valence-electron chi connectivity index (χ4n) is 3.14. The first-order valence-corrected chi connectivity index (χ1v) is 11.3. The molecule has 6 nitrogen and oxygen atoms in total. The summed E-state index contributed by atoms with van der Waals surface area (Å²) in [6.07, 6.45) is 1.98. The van der Waals surface area contributed by atoms with E-state index in [1.54, 1.807) is 60.7 Å². The van der Waals surface area contributed by atoms with Gasteiger partial charge in [0, 0.05) is 21.7 Å². The van der Waals surface area contributed by atoms with Crippen LogP contribution in [0.5, 0.6) is 17.2 Å². The van der Waals surface area contributed by atoms with Gasteiger partial charge in [0.05, 0.1) is 17.6 Å². The second kappa shape index (κ2) is 10.6. The number of fused-ring (bicyclic) bond motifs is 1. The van der Waals surface area contributed by atoms with Crippen LogP contribution in [0.25, 0.3) is 11.0 Å². The van der Waals surface area contributed by atoms with Crippen LogP contribution >= 0.6 is 23.2 Å². The Morgan fingerprint density at radius 3 is 2.38 bits per heavy atom.